The first kappa shape index (κ1) is 21.1. The Kier molecular flexibility index (Phi) is 6.32. The van der Waals surface area contributed by atoms with Crippen LogP contribution < -0.4 is 19.5 Å². The monoisotopic (exact) mass is 437 g/mol. The van der Waals surface area contributed by atoms with Crippen molar-refractivity contribution in [1.29, 1.82) is 0 Å². The van der Waals surface area contributed by atoms with Crippen LogP contribution in [0, 0.1) is 0 Å². The molecule has 1 N–H and O–H groups in total. The van der Waals surface area contributed by atoms with E-state index in [2.05, 4.69) is 45.2 Å². The number of benzene rings is 2. The summed E-state index contributed by atoms with van der Waals surface area (Å²) in [4.78, 5) is 2.22. The van der Waals surface area contributed by atoms with Crippen molar-refractivity contribution in [3.63, 3.8) is 0 Å². The highest BCUT2D eigenvalue weighted by atomic mass is 32.1. The molecule has 6 nitrogen and oxygen atoms in total. The van der Waals surface area contributed by atoms with Crippen LogP contribution in [-0.4, -0.2) is 42.0 Å². The Hall–Kier alpha value is -3.19. The fourth-order valence-corrected chi connectivity index (χ4v) is 4.27. The third-order valence-electron chi connectivity index (χ3n) is 5.45. The number of fused-ring (bicyclic) bond motifs is 1. The van der Waals surface area contributed by atoms with Crippen LogP contribution in [0.3, 0.4) is 0 Å². The van der Waals surface area contributed by atoms with Crippen molar-refractivity contribution >= 4 is 23.0 Å². The van der Waals surface area contributed by atoms with E-state index in [1.54, 1.807) is 14.2 Å². The van der Waals surface area contributed by atoms with Gasteiger partial charge in [0.25, 0.3) is 0 Å². The molecule has 3 aromatic rings. The quantitative estimate of drug-likeness (QED) is 0.564. The van der Waals surface area contributed by atoms with Gasteiger partial charge in [0.1, 0.15) is 17.2 Å². The van der Waals surface area contributed by atoms with Gasteiger partial charge >= 0.3 is 0 Å². The number of nitrogens with zero attached hydrogens (tertiary/aromatic N) is 2. The van der Waals surface area contributed by atoms with E-state index < -0.39 is 0 Å². The summed E-state index contributed by atoms with van der Waals surface area (Å²) in [6.45, 7) is 4.29. The molecule has 1 aromatic heterocycles. The Morgan fingerprint density at radius 1 is 1.03 bits per heavy atom. The molecule has 2 aromatic carbocycles. The molecular weight excluding hydrogens is 410 g/mol. The second-order valence-electron chi connectivity index (χ2n) is 7.22. The number of thiocarbonyl (C=S) groups is 1. The lowest BCUT2D eigenvalue weighted by atomic mass is 10.00. The normalized spacial score (nSPS) is 15.2. The zero-order valence-electron chi connectivity index (χ0n) is 18.0. The van der Waals surface area contributed by atoms with Gasteiger partial charge in [-0.25, -0.2) is 0 Å². The summed E-state index contributed by atoms with van der Waals surface area (Å²) in [5.41, 5.74) is 3.14. The Morgan fingerprint density at radius 3 is 2.52 bits per heavy atom. The molecule has 1 aliphatic heterocycles. The first-order valence-electron chi connectivity index (χ1n) is 10.3. The minimum absolute atomic E-state index is 0.00368. The molecule has 2 heterocycles. The molecular formula is C24H27N3O3S. The Balaban J connectivity index is 1.65. The molecule has 0 unspecified atom stereocenters. The van der Waals surface area contributed by atoms with Gasteiger partial charge in [-0.15, -0.1) is 0 Å². The molecule has 0 amide bonds. The molecule has 0 fully saturated rings. The van der Waals surface area contributed by atoms with Crippen LogP contribution in [0.15, 0.2) is 60.8 Å². The number of hydrogen-bond donors (Lipinski definition) is 1. The van der Waals surface area contributed by atoms with Crippen LogP contribution in [0.4, 0.5) is 5.69 Å². The van der Waals surface area contributed by atoms with Crippen LogP contribution in [-0.2, 0) is 6.54 Å². The topological polar surface area (TPSA) is 47.9 Å². The minimum Gasteiger partial charge on any atom is -0.497 e. The summed E-state index contributed by atoms with van der Waals surface area (Å²) in [5, 5.41) is 4.02. The predicted molar refractivity (Wildman–Crippen MR) is 126 cm³/mol. The number of aromatic nitrogens is 1. The molecule has 7 heteroatoms. The smallest absolute Gasteiger partial charge is 0.174 e. The minimum atomic E-state index is -0.00368. The van der Waals surface area contributed by atoms with Gasteiger partial charge in [0.15, 0.2) is 5.11 Å². The molecule has 1 atom stereocenters. The maximum absolute atomic E-state index is 5.88. The molecule has 0 saturated heterocycles. The summed E-state index contributed by atoms with van der Waals surface area (Å²) in [6, 6.07) is 18.1. The number of nitrogens with one attached hydrogen (secondary N) is 1. The molecule has 0 spiro atoms. The fourth-order valence-electron chi connectivity index (χ4n) is 3.96. The third kappa shape index (κ3) is 4.32. The van der Waals surface area contributed by atoms with E-state index in [-0.39, 0.29) is 6.04 Å². The first-order valence-corrected chi connectivity index (χ1v) is 10.7. The van der Waals surface area contributed by atoms with Crippen LogP contribution in [0.25, 0.3) is 0 Å². The van der Waals surface area contributed by atoms with Crippen molar-refractivity contribution in [3.05, 3.63) is 72.1 Å². The summed E-state index contributed by atoms with van der Waals surface area (Å²) in [5.74, 6) is 2.31. The number of ether oxygens (including phenoxy) is 3. The predicted octanol–water partition coefficient (Wildman–Crippen LogP) is 4.71. The van der Waals surface area contributed by atoms with Crippen LogP contribution >= 0.6 is 12.2 Å². The zero-order chi connectivity index (χ0) is 21.8. The highest BCUT2D eigenvalue weighted by Crippen LogP contribution is 2.35. The maximum atomic E-state index is 5.88. The molecule has 1 aliphatic rings. The molecule has 31 heavy (non-hydrogen) atoms. The zero-order valence-corrected chi connectivity index (χ0v) is 18.8. The van der Waals surface area contributed by atoms with E-state index in [0.29, 0.717) is 17.5 Å². The van der Waals surface area contributed by atoms with Crippen molar-refractivity contribution in [1.82, 2.24) is 9.47 Å². The van der Waals surface area contributed by atoms with Crippen molar-refractivity contribution < 1.29 is 14.2 Å². The average molecular weight is 438 g/mol. The van der Waals surface area contributed by atoms with Crippen LogP contribution in [0.2, 0.25) is 0 Å². The lowest BCUT2D eigenvalue weighted by molar-refractivity contribution is 0.293. The van der Waals surface area contributed by atoms with Crippen molar-refractivity contribution in [2.24, 2.45) is 0 Å². The highest BCUT2D eigenvalue weighted by Gasteiger charge is 2.31. The molecule has 0 bridgehead atoms. The van der Waals surface area contributed by atoms with Crippen LogP contribution in [0.5, 0.6) is 17.2 Å². The number of hydrogen-bond acceptors (Lipinski definition) is 4. The summed E-state index contributed by atoms with van der Waals surface area (Å²) in [7, 11) is 3.29. The summed E-state index contributed by atoms with van der Waals surface area (Å²) < 4.78 is 18.8. The Morgan fingerprint density at radius 2 is 1.81 bits per heavy atom. The third-order valence-corrected chi connectivity index (χ3v) is 5.79. The van der Waals surface area contributed by atoms with Gasteiger partial charge in [0.2, 0.25) is 0 Å². The largest absolute Gasteiger partial charge is 0.497 e. The van der Waals surface area contributed by atoms with E-state index >= 15 is 0 Å². The van der Waals surface area contributed by atoms with E-state index in [1.165, 1.54) is 5.69 Å². The van der Waals surface area contributed by atoms with E-state index in [1.807, 2.05) is 37.3 Å². The lowest BCUT2D eigenvalue weighted by Crippen LogP contribution is -2.44. The van der Waals surface area contributed by atoms with Gasteiger partial charge in [-0.1, -0.05) is 12.1 Å². The fraction of sp³-hybridized carbons (Fsp3) is 0.292. The Bertz CT molecular complexity index is 1050. The first-order chi connectivity index (χ1) is 15.1. The summed E-state index contributed by atoms with van der Waals surface area (Å²) in [6.07, 6.45) is 2.12. The molecule has 4 rings (SSSR count). The van der Waals surface area contributed by atoms with E-state index in [0.717, 1.165) is 35.8 Å². The van der Waals surface area contributed by atoms with E-state index in [4.69, 9.17) is 26.4 Å². The van der Waals surface area contributed by atoms with Crippen LogP contribution in [0.1, 0.15) is 24.2 Å². The Labute approximate surface area is 188 Å². The van der Waals surface area contributed by atoms with Crippen molar-refractivity contribution in [3.8, 4) is 17.2 Å². The molecule has 0 saturated carbocycles. The van der Waals surface area contributed by atoms with Crippen molar-refractivity contribution in [2.75, 3.05) is 32.7 Å². The lowest BCUT2D eigenvalue weighted by Gasteiger charge is -2.39. The summed E-state index contributed by atoms with van der Waals surface area (Å²) >= 11 is 5.88. The SMILES string of the molecule is CCOc1ccc([C@H]2c3cccn3CCN2C(=S)Nc2cc(OC)ccc2OC)cc1. The van der Waals surface area contributed by atoms with Gasteiger partial charge in [-0.2, -0.15) is 0 Å². The molecule has 0 aliphatic carbocycles. The second-order valence-corrected chi connectivity index (χ2v) is 7.61. The van der Waals surface area contributed by atoms with Gasteiger partial charge in [-0.3, -0.25) is 0 Å². The van der Waals surface area contributed by atoms with Gasteiger partial charge in [0, 0.05) is 31.0 Å². The van der Waals surface area contributed by atoms with Gasteiger partial charge < -0.3 is 29.0 Å². The molecule has 162 valence electrons. The number of methoxy groups -OCH3 is 2. The van der Waals surface area contributed by atoms with Gasteiger partial charge in [0.05, 0.1) is 32.6 Å². The average Bonchev–Trinajstić information content (AvgIpc) is 3.28. The van der Waals surface area contributed by atoms with Crippen molar-refractivity contribution in [2.45, 2.75) is 19.5 Å². The standard InChI is InChI=1S/C24H27N3O3S/c1-4-30-18-9-7-17(8-10-18)23-21-6-5-13-26(21)14-15-27(23)24(31)25-20-16-19(28-2)11-12-22(20)29-3/h5-13,16,23H,4,14-15H2,1-3H3,(H,25,31)/t23-/m0/s1. The highest BCUT2D eigenvalue weighted by molar-refractivity contribution is 7.80. The molecule has 0 radical (unpaired) electrons. The number of rotatable bonds is 6. The second kappa shape index (κ2) is 9.31. The maximum Gasteiger partial charge on any atom is 0.174 e. The number of anilines is 1. The van der Waals surface area contributed by atoms with E-state index in [9.17, 15) is 0 Å². The van der Waals surface area contributed by atoms with Gasteiger partial charge in [-0.05, 0) is 61.1 Å².